The van der Waals surface area contributed by atoms with Gasteiger partial charge in [-0.25, -0.2) is 4.98 Å². The van der Waals surface area contributed by atoms with Crippen molar-refractivity contribution in [3.63, 3.8) is 0 Å². The van der Waals surface area contributed by atoms with Crippen molar-refractivity contribution < 1.29 is 8.78 Å². The van der Waals surface area contributed by atoms with Crippen molar-refractivity contribution in [2.75, 3.05) is 0 Å². The summed E-state index contributed by atoms with van der Waals surface area (Å²) in [7, 11) is 0. The number of nitriles is 1. The molecule has 3 rings (SSSR count). The molecule has 2 aromatic heterocycles. The van der Waals surface area contributed by atoms with Crippen LogP contribution < -0.4 is 0 Å². The lowest BCUT2D eigenvalue weighted by Crippen LogP contribution is -2.03. The highest BCUT2D eigenvalue weighted by Crippen LogP contribution is 2.29. The molecule has 0 aliphatic carbocycles. The Morgan fingerprint density at radius 1 is 1.41 bits per heavy atom. The summed E-state index contributed by atoms with van der Waals surface area (Å²) < 4.78 is 28.5. The number of halogens is 3. The van der Waals surface area contributed by atoms with Gasteiger partial charge in [0.1, 0.15) is 6.07 Å². The number of thiophene rings is 1. The smallest absolute Gasteiger partial charge is 0.266 e. The summed E-state index contributed by atoms with van der Waals surface area (Å²) in [4.78, 5) is 4.19. The van der Waals surface area contributed by atoms with Crippen LogP contribution in [0.2, 0.25) is 0 Å². The highest BCUT2D eigenvalue weighted by Gasteiger charge is 2.20. The average Bonchev–Trinajstić information content (AvgIpc) is 3.07. The molecular weight excluding hydrogens is 372 g/mol. The Morgan fingerprint density at radius 3 is 2.82 bits per heavy atom. The number of alkyl halides is 2. The van der Waals surface area contributed by atoms with Crippen LogP contribution in [0.1, 0.15) is 17.9 Å². The zero-order valence-corrected chi connectivity index (χ0v) is 13.4. The van der Waals surface area contributed by atoms with E-state index in [1.165, 1.54) is 11.3 Å². The molecule has 1 aromatic carbocycles. The van der Waals surface area contributed by atoms with Gasteiger partial charge in [-0.15, -0.1) is 11.3 Å². The lowest BCUT2D eigenvalue weighted by molar-refractivity contribution is 0.0738. The summed E-state index contributed by atoms with van der Waals surface area (Å²) in [6.45, 7) is -2.77. The van der Waals surface area contributed by atoms with E-state index in [0.717, 1.165) is 13.9 Å². The number of nitrogens with zero attached hydrogens (tertiary/aromatic N) is 3. The first-order valence-electron chi connectivity index (χ1n) is 6.21. The molecular formula is C15H8BrF2N3S. The Bertz CT molecular complexity index is 905. The molecule has 110 valence electrons. The third-order valence-electron chi connectivity index (χ3n) is 3.05. The topological polar surface area (TPSA) is 41.6 Å². The van der Waals surface area contributed by atoms with E-state index in [9.17, 15) is 14.0 Å². The van der Waals surface area contributed by atoms with Crippen LogP contribution in [-0.4, -0.2) is 9.55 Å². The molecule has 2 heterocycles. The lowest BCUT2D eigenvalue weighted by Gasteiger charge is -2.06. The van der Waals surface area contributed by atoms with E-state index in [0.29, 0.717) is 11.0 Å². The minimum Gasteiger partial charge on any atom is -0.266 e. The normalized spacial score (nSPS) is 12.0. The maximum absolute atomic E-state index is 13.4. The van der Waals surface area contributed by atoms with Gasteiger partial charge in [0.05, 0.1) is 20.4 Å². The summed E-state index contributed by atoms with van der Waals surface area (Å²) in [5.74, 6) is -0.0268. The SMILES string of the molecule is N#CC(=Cc1csc(Br)c1)c1nc2ccccc2n1C(F)F. The fraction of sp³-hybridized carbons (Fsp3) is 0.0667. The summed E-state index contributed by atoms with van der Waals surface area (Å²) in [5.41, 5.74) is 1.61. The van der Waals surface area contributed by atoms with E-state index >= 15 is 0 Å². The van der Waals surface area contributed by atoms with Crippen molar-refractivity contribution in [3.05, 3.63) is 50.9 Å². The van der Waals surface area contributed by atoms with Crippen LogP contribution in [0.25, 0.3) is 22.7 Å². The van der Waals surface area contributed by atoms with Crippen LogP contribution in [0, 0.1) is 11.3 Å². The Morgan fingerprint density at radius 2 is 2.18 bits per heavy atom. The molecule has 0 saturated carbocycles. The van der Waals surface area contributed by atoms with E-state index in [1.54, 1.807) is 30.3 Å². The van der Waals surface area contributed by atoms with Gasteiger partial charge in [0.25, 0.3) is 0 Å². The molecule has 0 spiro atoms. The molecule has 3 aromatic rings. The maximum atomic E-state index is 13.4. The first kappa shape index (κ1) is 14.9. The molecule has 0 N–H and O–H groups in total. The fourth-order valence-electron chi connectivity index (χ4n) is 2.14. The van der Waals surface area contributed by atoms with E-state index in [2.05, 4.69) is 20.9 Å². The van der Waals surface area contributed by atoms with Gasteiger partial charge >= 0.3 is 6.55 Å². The molecule has 0 atom stereocenters. The van der Waals surface area contributed by atoms with Crippen LogP contribution in [0.3, 0.4) is 0 Å². The first-order valence-corrected chi connectivity index (χ1v) is 7.88. The molecule has 0 bridgehead atoms. The van der Waals surface area contributed by atoms with Gasteiger partial charge in [0, 0.05) is 0 Å². The largest absolute Gasteiger partial charge is 0.320 e. The summed E-state index contributed by atoms with van der Waals surface area (Å²) in [6, 6.07) is 10.4. The molecule has 0 aliphatic rings. The van der Waals surface area contributed by atoms with E-state index in [-0.39, 0.29) is 11.4 Å². The van der Waals surface area contributed by atoms with E-state index in [4.69, 9.17) is 0 Å². The second-order valence-corrected chi connectivity index (χ2v) is 6.72. The Labute approximate surface area is 137 Å². The van der Waals surface area contributed by atoms with Crippen molar-refractivity contribution >= 4 is 49.9 Å². The summed E-state index contributed by atoms with van der Waals surface area (Å²) >= 11 is 4.79. The van der Waals surface area contributed by atoms with Crippen LogP contribution in [0.4, 0.5) is 8.78 Å². The van der Waals surface area contributed by atoms with E-state index in [1.807, 2.05) is 17.5 Å². The number of hydrogen-bond donors (Lipinski definition) is 0. The highest BCUT2D eigenvalue weighted by atomic mass is 79.9. The van der Waals surface area contributed by atoms with Crippen LogP contribution >= 0.6 is 27.3 Å². The number of hydrogen-bond acceptors (Lipinski definition) is 3. The van der Waals surface area contributed by atoms with Crippen molar-refractivity contribution in [3.8, 4) is 6.07 Å². The summed E-state index contributed by atoms with van der Waals surface area (Å²) in [6.07, 6.45) is 1.56. The quantitative estimate of drug-likeness (QED) is 0.577. The number of para-hydroxylation sites is 2. The zero-order valence-electron chi connectivity index (χ0n) is 11.0. The maximum Gasteiger partial charge on any atom is 0.320 e. The zero-order chi connectivity index (χ0) is 15.7. The number of fused-ring (bicyclic) bond motifs is 1. The second-order valence-electron chi connectivity index (χ2n) is 4.43. The van der Waals surface area contributed by atoms with Gasteiger partial charge in [0.2, 0.25) is 0 Å². The number of aromatic nitrogens is 2. The monoisotopic (exact) mass is 379 g/mol. The number of allylic oxidation sites excluding steroid dienone is 1. The predicted molar refractivity (Wildman–Crippen MR) is 86.5 cm³/mol. The average molecular weight is 380 g/mol. The van der Waals surface area contributed by atoms with Crippen molar-refractivity contribution in [1.82, 2.24) is 9.55 Å². The molecule has 0 amide bonds. The molecule has 0 unspecified atom stereocenters. The Hall–Kier alpha value is -2.04. The first-order chi connectivity index (χ1) is 10.6. The third kappa shape index (κ3) is 2.67. The third-order valence-corrected chi connectivity index (χ3v) is 4.57. The lowest BCUT2D eigenvalue weighted by atomic mass is 10.2. The Balaban J connectivity index is 2.21. The van der Waals surface area contributed by atoms with Crippen molar-refractivity contribution in [2.24, 2.45) is 0 Å². The molecule has 0 aliphatic heterocycles. The van der Waals surface area contributed by atoms with Gasteiger partial charge in [-0.2, -0.15) is 14.0 Å². The van der Waals surface area contributed by atoms with Gasteiger partial charge in [-0.3, -0.25) is 4.57 Å². The summed E-state index contributed by atoms with van der Waals surface area (Å²) in [5, 5.41) is 11.2. The number of rotatable bonds is 3. The van der Waals surface area contributed by atoms with Crippen molar-refractivity contribution in [2.45, 2.75) is 6.55 Å². The molecule has 3 nitrogen and oxygen atoms in total. The molecule has 7 heteroatoms. The fourth-order valence-corrected chi connectivity index (χ4v) is 3.28. The minimum atomic E-state index is -2.77. The standard InChI is InChI=1S/C15H8BrF2N3S/c16-13-6-9(8-22-13)5-10(7-19)14-20-11-3-1-2-4-12(11)21(14)15(17)18/h1-6,8,15H. The predicted octanol–water partition coefficient (Wildman–Crippen LogP) is 5.32. The Kier molecular flexibility index (Phi) is 4.05. The molecule has 0 radical (unpaired) electrons. The van der Waals surface area contributed by atoms with E-state index < -0.39 is 6.55 Å². The van der Waals surface area contributed by atoms with Gasteiger partial charge in [-0.1, -0.05) is 12.1 Å². The van der Waals surface area contributed by atoms with Gasteiger partial charge < -0.3 is 0 Å². The molecule has 22 heavy (non-hydrogen) atoms. The highest BCUT2D eigenvalue weighted by molar-refractivity contribution is 9.11. The van der Waals surface area contributed by atoms with Crippen LogP contribution in [-0.2, 0) is 0 Å². The van der Waals surface area contributed by atoms with Gasteiger partial charge in [0.15, 0.2) is 5.82 Å². The molecule has 0 fully saturated rings. The molecule has 0 saturated heterocycles. The minimum absolute atomic E-state index is 0.0268. The van der Waals surface area contributed by atoms with Crippen LogP contribution in [0.15, 0.2) is 39.5 Å². The van der Waals surface area contributed by atoms with Crippen LogP contribution in [0.5, 0.6) is 0 Å². The van der Waals surface area contributed by atoms with Crippen molar-refractivity contribution in [1.29, 1.82) is 5.26 Å². The van der Waals surface area contributed by atoms with Gasteiger partial charge in [-0.05, 0) is 51.1 Å². The second kappa shape index (κ2) is 5.99. The number of benzene rings is 1. The number of imidazole rings is 1.